The van der Waals surface area contributed by atoms with Gasteiger partial charge in [-0.3, -0.25) is 0 Å². The van der Waals surface area contributed by atoms with E-state index in [1.165, 1.54) is 0 Å². The van der Waals surface area contributed by atoms with Crippen LogP contribution in [0.2, 0.25) is 0 Å². The minimum absolute atomic E-state index is 3.03. The summed E-state index contributed by atoms with van der Waals surface area (Å²) < 4.78 is 39.6. The summed E-state index contributed by atoms with van der Waals surface area (Å²) in [5, 5.41) is 0. The molecule has 0 bridgehead atoms. The van der Waals surface area contributed by atoms with Gasteiger partial charge in [0.2, 0.25) is 0 Å². The average Bonchev–Trinajstić information content (AvgIpc) is 1.76. The zero-order valence-corrected chi connectivity index (χ0v) is 8.71. The topological polar surface area (TPSA) is 180 Å². The second-order valence-corrected chi connectivity index (χ2v) is 5.53. The molecule has 14 heteroatoms. The van der Waals surface area contributed by atoms with Gasteiger partial charge >= 0.3 is 23.5 Å². The lowest BCUT2D eigenvalue weighted by molar-refractivity contribution is -0.142. The van der Waals surface area contributed by atoms with E-state index in [2.05, 4.69) is 13.7 Å². The van der Waals surface area contributed by atoms with Crippen LogP contribution in [0, 0.1) is 0 Å². The van der Waals surface area contributed by atoms with Crippen molar-refractivity contribution in [3.8, 4) is 0 Å². The van der Waals surface area contributed by atoms with Crippen molar-refractivity contribution in [2.75, 3.05) is 0 Å². The third-order valence-electron chi connectivity index (χ3n) is 0.434. The molecule has 0 amide bonds. The predicted molar refractivity (Wildman–Crippen MR) is 37.2 cm³/mol. The Labute approximate surface area is 76.3 Å². The Kier molecular flexibility index (Phi) is 4.60. The maximum absolute atomic E-state index is 10.4. The number of hydrogen-bond donors (Lipinski definition) is 5. The maximum Gasteiger partial charge on any atom is 0.508 e. The van der Waals surface area contributed by atoms with Crippen molar-refractivity contribution in [1.82, 2.24) is 0 Å². The SMILES string of the molecule is O=P(O)(O)OOP(=O)(O)OP(=O)(O)O. The van der Waals surface area contributed by atoms with Crippen molar-refractivity contribution in [2.45, 2.75) is 0 Å². The Hall–Kier alpha value is 0.370. The van der Waals surface area contributed by atoms with Crippen LogP contribution < -0.4 is 0 Å². The van der Waals surface area contributed by atoms with Crippen molar-refractivity contribution in [1.29, 1.82) is 0 Å². The highest BCUT2D eigenvalue weighted by atomic mass is 31.3. The smallest absolute Gasteiger partial charge is 0.302 e. The first-order chi connectivity index (χ1) is 5.91. The summed E-state index contributed by atoms with van der Waals surface area (Å²) in [5.41, 5.74) is 0. The third kappa shape index (κ3) is 8.95. The molecule has 5 N–H and O–H groups in total. The van der Waals surface area contributed by atoms with Crippen LogP contribution in [-0.4, -0.2) is 24.5 Å². The Bertz CT molecular complexity index is 313. The molecule has 0 radical (unpaired) electrons. The Morgan fingerprint density at radius 3 is 1.43 bits per heavy atom. The molecule has 0 saturated heterocycles. The van der Waals surface area contributed by atoms with Gasteiger partial charge in [0, 0.05) is 0 Å². The fourth-order valence-corrected chi connectivity index (χ4v) is 2.10. The standard InChI is InChI=1S/H5O11P3/c1-12(2,3)9-10-14(7,8)11-13(4,5)6/h(H,7,8)(H2,1,2,3)(H2,4,5,6). The molecule has 0 aliphatic carbocycles. The zero-order chi connectivity index (χ0) is 11.6. The molecule has 0 aromatic heterocycles. The molecule has 0 aliphatic heterocycles. The summed E-state index contributed by atoms with van der Waals surface area (Å²) in [6.07, 6.45) is 0. The molecule has 0 saturated carbocycles. The maximum atomic E-state index is 10.4. The van der Waals surface area contributed by atoms with E-state index < -0.39 is 23.5 Å². The second kappa shape index (κ2) is 4.48. The molecule has 0 aromatic rings. The quantitative estimate of drug-likeness (QED) is 0.241. The fourth-order valence-electron chi connectivity index (χ4n) is 0.234. The number of hydrogen-bond acceptors (Lipinski definition) is 6. The number of phosphoric acid groups is 3. The van der Waals surface area contributed by atoms with Gasteiger partial charge in [-0.15, -0.1) is 9.35 Å². The van der Waals surface area contributed by atoms with Gasteiger partial charge in [-0.1, -0.05) is 0 Å². The average molecular weight is 274 g/mol. The highest BCUT2D eigenvalue weighted by Crippen LogP contribution is 2.59. The minimum Gasteiger partial charge on any atom is -0.302 e. The molecule has 0 aromatic carbocycles. The Morgan fingerprint density at radius 1 is 0.714 bits per heavy atom. The summed E-state index contributed by atoms with van der Waals surface area (Å²) >= 11 is 0. The van der Waals surface area contributed by atoms with E-state index in [9.17, 15) is 13.7 Å². The molecular formula is H5O11P3. The second-order valence-electron chi connectivity index (χ2n) is 1.68. The summed E-state index contributed by atoms with van der Waals surface area (Å²) in [7, 11) is -15.9. The van der Waals surface area contributed by atoms with Crippen LogP contribution in [0.5, 0.6) is 0 Å². The van der Waals surface area contributed by atoms with E-state index in [1.807, 2.05) is 0 Å². The largest absolute Gasteiger partial charge is 0.508 e. The van der Waals surface area contributed by atoms with Crippen molar-refractivity contribution in [2.24, 2.45) is 0 Å². The normalized spacial score (nSPS) is 17.8. The molecule has 0 fully saturated rings. The van der Waals surface area contributed by atoms with Crippen molar-refractivity contribution in [3.63, 3.8) is 0 Å². The first-order valence-electron chi connectivity index (χ1n) is 2.44. The van der Waals surface area contributed by atoms with Gasteiger partial charge in [-0.2, -0.15) is 4.31 Å². The Balaban J connectivity index is 4.31. The molecule has 86 valence electrons. The molecule has 0 heterocycles. The molecule has 0 aliphatic rings. The Morgan fingerprint density at radius 2 is 1.14 bits per heavy atom. The minimum atomic E-state index is -5.39. The molecule has 14 heavy (non-hydrogen) atoms. The highest BCUT2D eigenvalue weighted by molar-refractivity contribution is 7.60. The van der Waals surface area contributed by atoms with Crippen LogP contribution in [0.25, 0.3) is 0 Å². The van der Waals surface area contributed by atoms with Crippen molar-refractivity contribution < 1.29 is 51.8 Å². The summed E-state index contributed by atoms with van der Waals surface area (Å²) in [4.78, 5) is 40.3. The summed E-state index contributed by atoms with van der Waals surface area (Å²) in [6.45, 7) is 0. The van der Waals surface area contributed by atoms with Crippen LogP contribution in [-0.2, 0) is 27.4 Å². The molecule has 1 atom stereocenters. The van der Waals surface area contributed by atoms with E-state index in [-0.39, 0.29) is 0 Å². The van der Waals surface area contributed by atoms with Crippen molar-refractivity contribution >= 4 is 23.5 Å². The molecule has 0 spiro atoms. The molecule has 0 rings (SSSR count). The van der Waals surface area contributed by atoms with Crippen LogP contribution >= 0.6 is 23.5 Å². The van der Waals surface area contributed by atoms with Gasteiger partial charge < -0.3 is 24.5 Å². The van der Waals surface area contributed by atoms with Crippen LogP contribution in [0.1, 0.15) is 0 Å². The van der Waals surface area contributed by atoms with E-state index >= 15 is 0 Å². The zero-order valence-electron chi connectivity index (χ0n) is 6.03. The van der Waals surface area contributed by atoms with Gasteiger partial charge in [0.25, 0.3) is 0 Å². The summed E-state index contributed by atoms with van der Waals surface area (Å²) in [6, 6.07) is 0. The van der Waals surface area contributed by atoms with E-state index in [1.54, 1.807) is 0 Å². The van der Waals surface area contributed by atoms with Gasteiger partial charge in [0.05, 0.1) is 0 Å². The van der Waals surface area contributed by atoms with Gasteiger partial charge in [0.15, 0.2) is 0 Å². The fraction of sp³-hybridized carbons (Fsp3) is 0. The van der Waals surface area contributed by atoms with E-state index in [0.29, 0.717) is 0 Å². The van der Waals surface area contributed by atoms with Gasteiger partial charge in [-0.25, -0.2) is 13.7 Å². The third-order valence-corrected chi connectivity index (χ3v) is 2.76. The first kappa shape index (κ1) is 14.4. The van der Waals surface area contributed by atoms with E-state index in [0.717, 1.165) is 0 Å². The summed E-state index contributed by atoms with van der Waals surface area (Å²) in [5.74, 6) is 0. The molecule has 1 unspecified atom stereocenters. The molecular weight excluding hydrogens is 269 g/mol. The lowest BCUT2D eigenvalue weighted by Crippen LogP contribution is -1.94. The lowest BCUT2D eigenvalue weighted by atomic mass is 14.9. The lowest BCUT2D eigenvalue weighted by Gasteiger charge is -2.10. The van der Waals surface area contributed by atoms with Crippen LogP contribution in [0.15, 0.2) is 0 Å². The van der Waals surface area contributed by atoms with Crippen LogP contribution in [0.4, 0.5) is 0 Å². The number of rotatable bonds is 5. The predicted octanol–water partition coefficient (Wildman–Crippen LogP) is -0.763. The van der Waals surface area contributed by atoms with Gasteiger partial charge in [-0.05, 0) is 0 Å². The van der Waals surface area contributed by atoms with Crippen molar-refractivity contribution in [3.05, 3.63) is 0 Å². The van der Waals surface area contributed by atoms with Crippen LogP contribution in [0.3, 0.4) is 0 Å². The highest BCUT2D eigenvalue weighted by Gasteiger charge is 2.36. The monoisotopic (exact) mass is 274 g/mol. The van der Waals surface area contributed by atoms with E-state index in [4.69, 9.17) is 24.5 Å². The van der Waals surface area contributed by atoms with Gasteiger partial charge in [0.1, 0.15) is 0 Å². The molecule has 11 nitrogen and oxygen atoms in total. The first-order valence-corrected chi connectivity index (χ1v) is 7.00.